The van der Waals surface area contributed by atoms with Crippen LogP contribution in [0.3, 0.4) is 0 Å². The van der Waals surface area contributed by atoms with E-state index in [1.807, 2.05) is 0 Å². The predicted octanol–water partition coefficient (Wildman–Crippen LogP) is 3.15. The lowest BCUT2D eigenvalue weighted by molar-refractivity contribution is 0.576. The van der Waals surface area contributed by atoms with Gasteiger partial charge in [-0.05, 0) is 18.6 Å². The molecule has 0 atom stereocenters. The molecule has 0 fully saturated rings. The van der Waals surface area contributed by atoms with E-state index in [-0.39, 0.29) is 10.6 Å². The van der Waals surface area contributed by atoms with Crippen LogP contribution in [-0.2, 0) is 17.7 Å². The summed E-state index contributed by atoms with van der Waals surface area (Å²) in [6, 6.07) is 7.32. The minimum Gasteiger partial charge on any atom is -0.212 e. The Morgan fingerprint density at radius 3 is 1.95 bits per heavy atom. The molecule has 0 aromatic heterocycles. The SMILES string of the molecule is CCCCCCCCS(=O)(=O)S(=O)(=O)c1ccccc1. The highest BCUT2D eigenvalue weighted by Crippen LogP contribution is 2.19. The van der Waals surface area contributed by atoms with Crippen LogP contribution in [0.2, 0.25) is 0 Å². The number of benzene rings is 1. The van der Waals surface area contributed by atoms with Gasteiger partial charge in [0.25, 0.3) is 17.7 Å². The van der Waals surface area contributed by atoms with Crippen LogP contribution in [0.25, 0.3) is 0 Å². The molecule has 0 aliphatic rings. The zero-order valence-electron chi connectivity index (χ0n) is 11.8. The zero-order valence-corrected chi connectivity index (χ0v) is 13.4. The molecule has 0 aliphatic heterocycles. The first-order chi connectivity index (χ1) is 9.42. The van der Waals surface area contributed by atoms with Crippen molar-refractivity contribution in [3.63, 3.8) is 0 Å². The number of unbranched alkanes of at least 4 members (excludes halogenated alkanes) is 5. The normalized spacial score (nSPS) is 12.4. The number of hydrogen-bond acceptors (Lipinski definition) is 4. The number of rotatable bonds is 9. The molecule has 20 heavy (non-hydrogen) atoms. The fraction of sp³-hybridized carbons (Fsp3) is 0.571. The smallest absolute Gasteiger partial charge is 0.212 e. The molecule has 0 saturated carbocycles. The Bertz CT molecular complexity index is 589. The maximum Gasteiger partial charge on any atom is 0.282 e. The Kier molecular flexibility index (Phi) is 6.68. The minimum atomic E-state index is -4.26. The molecule has 6 heteroatoms. The van der Waals surface area contributed by atoms with E-state index in [9.17, 15) is 16.8 Å². The zero-order chi connectivity index (χ0) is 15.1. The van der Waals surface area contributed by atoms with Crippen molar-refractivity contribution in [2.75, 3.05) is 5.75 Å². The second-order valence-corrected chi connectivity index (χ2v) is 10.5. The summed E-state index contributed by atoms with van der Waals surface area (Å²) < 4.78 is 48.0. The highest BCUT2D eigenvalue weighted by Gasteiger charge is 2.30. The van der Waals surface area contributed by atoms with Crippen molar-refractivity contribution >= 4 is 17.7 Å². The Morgan fingerprint density at radius 2 is 1.35 bits per heavy atom. The summed E-state index contributed by atoms with van der Waals surface area (Å²) in [7, 11) is -8.40. The molecule has 1 rings (SSSR count). The summed E-state index contributed by atoms with van der Waals surface area (Å²) >= 11 is 0. The molecule has 1 aromatic rings. The summed E-state index contributed by atoms with van der Waals surface area (Å²) in [6.07, 6.45) is 5.44. The number of hydrogen-bond donors (Lipinski definition) is 0. The van der Waals surface area contributed by atoms with Crippen molar-refractivity contribution in [1.82, 2.24) is 0 Å². The lowest BCUT2D eigenvalue weighted by atomic mass is 10.1. The van der Waals surface area contributed by atoms with Gasteiger partial charge in [-0.3, -0.25) is 0 Å². The van der Waals surface area contributed by atoms with Crippen molar-refractivity contribution in [2.24, 2.45) is 0 Å². The molecule has 114 valence electrons. The first-order valence-electron chi connectivity index (χ1n) is 6.94. The molecule has 0 bridgehead atoms. The van der Waals surface area contributed by atoms with Gasteiger partial charge in [0.2, 0.25) is 0 Å². The molecule has 0 radical (unpaired) electrons. The average molecular weight is 318 g/mol. The van der Waals surface area contributed by atoms with Gasteiger partial charge in [-0.15, -0.1) is 0 Å². The second kappa shape index (κ2) is 7.78. The fourth-order valence-corrected chi connectivity index (χ4v) is 5.69. The predicted molar refractivity (Wildman–Crippen MR) is 80.8 cm³/mol. The Morgan fingerprint density at radius 1 is 0.800 bits per heavy atom. The third-order valence-electron chi connectivity index (χ3n) is 3.11. The molecule has 0 aliphatic carbocycles. The molecule has 1 aromatic carbocycles. The van der Waals surface area contributed by atoms with Crippen LogP contribution in [0.1, 0.15) is 45.4 Å². The van der Waals surface area contributed by atoms with Crippen molar-refractivity contribution < 1.29 is 16.8 Å². The van der Waals surface area contributed by atoms with E-state index < -0.39 is 17.7 Å². The van der Waals surface area contributed by atoms with Crippen LogP contribution in [0.15, 0.2) is 35.2 Å². The second-order valence-electron chi connectivity index (χ2n) is 4.80. The first-order valence-corrected chi connectivity index (χ1v) is 10.6. The van der Waals surface area contributed by atoms with Crippen LogP contribution in [0.5, 0.6) is 0 Å². The Balaban J connectivity index is 2.61. The van der Waals surface area contributed by atoms with Crippen LogP contribution in [0, 0.1) is 0 Å². The molecule has 0 unspecified atom stereocenters. The standard InChI is InChI=1S/C14H22O4S2/c1-2-3-4-5-6-10-13-19(15,16)20(17,18)14-11-8-7-9-12-14/h7-9,11-12H,2-6,10,13H2,1H3. The highest BCUT2D eigenvalue weighted by atomic mass is 33.2. The summed E-state index contributed by atoms with van der Waals surface area (Å²) in [5.74, 6) is -0.295. The van der Waals surface area contributed by atoms with Gasteiger partial charge in [-0.25, -0.2) is 16.8 Å². The topological polar surface area (TPSA) is 68.3 Å². The summed E-state index contributed by atoms with van der Waals surface area (Å²) in [5, 5.41) is 0. The maximum atomic E-state index is 12.0. The summed E-state index contributed by atoms with van der Waals surface area (Å²) in [5.41, 5.74) is 0. The quantitative estimate of drug-likeness (QED) is 0.518. The van der Waals surface area contributed by atoms with Gasteiger partial charge in [-0.2, -0.15) is 0 Å². The summed E-state index contributed by atoms with van der Waals surface area (Å²) in [4.78, 5) is -0.147. The lowest BCUT2D eigenvalue weighted by Crippen LogP contribution is -2.19. The highest BCUT2D eigenvalue weighted by molar-refractivity contribution is 8.67. The molecule has 0 saturated heterocycles. The van der Waals surface area contributed by atoms with E-state index in [1.54, 1.807) is 6.07 Å². The van der Waals surface area contributed by atoms with Crippen molar-refractivity contribution in [3.05, 3.63) is 30.3 Å². The monoisotopic (exact) mass is 318 g/mol. The van der Waals surface area contributed by atoms with Gasteiger partial charge in [0.15, 0.2) is 0 Å². The van der Waals surface area contributed by atoms with Crippen LogP contribution >= 0.6 is 0 Å². The van der Waals surface area contributed by atoms with E-state index >= 15 is 0 Å². The van der Waals surface area contributed by atoms with Gasteiger partial charge < -0.3 is 0 Å². The molecule has 0 heterocycles. The molecular formula is C14H22O4S2. The Labute approximate surface area is 121 Å². The van der Waals surface area contributed by atoms with Crippen molar-refractivity contribution in [3.8, 4) is 0 Å². The molecule has 4 nitrogen and oxygen atoms in total. The fourth-order valence-electron chi connectivity index (χ4n) is 1.90. The van der Waals surface area contributed by atoms with Gasteiger partial charge in [0.05, 0.1) is 10.6 Å². The molecule has 0 spiro atoms. The van der Waals surface area contributed by atoms with E-state index in [2.05, 4.69) is 6.92 Å². The molecular weight excluding hydrogens is 296 g/mol. The van der Waals surface area contributed by atoms with E-state index in [4.69, 9.17) is 0 Å². The minimum absolute atomic E-state index is 0.147. The maximum absolute atomic E-state index is 12.0. The van der Waals surface area contributed by atoms with Crippen LogP contribution < -0.4 is 0 Å². The van der Waals surface area contributed by atoms with E-state index in [1.165, 1.54) is 24.3 Å². The summed E-state index contributed by atoms with van der Waals surface area (Å²) in [6.45, 7) is 2.11. The van der Waals surface area contributed by atoms with E-state index in [0.717, 1.165) is 32.1 Å². The Hall–Kier alpha value is -0.880. The van der Waals surface area contributed by atoms with Crippen LogP contribution in [0.4, 0.5) is 0 Å². The first kappa shape index (κ1) is 17.2. The lowest BCUT2D eigenvalue weighted by Gasteiger charge is -2.06. The van der Waals surface area contributed by atoms with Crippen LogP contribution in [-0.4, -0.2) is 22.6 Å². The average Bonchev–Trinajstić information content (AvgIpc) is 2.43. The van der Waals surface area contributed by atoms with Gasteiger partial charge in [0, 0.05) is 0 Å². The third-order valence-corrected chi connectivity index (χ3v) is 8.50. The largest absolute Gasteiger partial charge is 0.282 e. The van der Waals surface area contributed by atoms with Gasteiger partial charge >= 0.3 is 0 Å². The van der Waals surface area contributed by atoms with Gasteiger partial charge in [-0.1, -0.05) is 57.2 Å². The third kappa shape index (κ3) is 4.59. The van der Waals surface area contributed by atoms with Gasteiger partial charge in [0.1, 0.15) is 0 Å². The molecule has 0 amide bonds. The van der Waals surface area contributed by atoms with Crippen molar-refractivity contribution in [2.45, 2.75) is 50.3 Å². The molecule has 0 N–H and O–H groups in total. The van der Waals surface area contributed by atoms with E-state index in [0.29, 0.717) is 6.42 Å². The van der Waals surface area contributed by atoms with Crippen molar-refractivity contribution in [1.29, 1.82) is 0 Å².